The number of aryl methyl sites for hydroxylation is 1. The van der Waals surface area contributed by atoms with E-state index in [9.17, 15) is 0 Å². The zero-order valence-corrected chi connectivity index (χ0v) is 13.6. The first kappa shape index (κ1) is 15.3. The molecule has 1 heterocycles. The van der Waals surface area contributed by atoms with Crippen molar-refractivity contribution in [2.75, 3.05) is 5.32 Å². The smallest absolute Gasteiger partial charge is 0.221 e. The SMILES string of the molecule is Cc1cc(Nc2ccccc2)c2ccc3ccccc3c2[nH+]1.[Cl-]. The second kappa shape index (κ2) is 6.27. The average Bonchev–Trinajstić information content (AvgIpc) is 2.55. The topological polar surface area (TPSA) is 26.2 Å². The number of pyridine rings is 1. The fraction of sp³-hybridized carbons (Fsp3) is 0.0500. The van der Waals surface area contributed by atoms with Crippen LogP contribution in [0.4, 0.5) is 11.4 Å². The van der Waals surface area contributed by atoms with Gasteiger partial charge in [-0.2, -0.15) is 0 Å². The fourth-order valence-corrected chi connectivity index (χ4v) is 2.94. The Kier molecular flexibility index (Phi) is 4.18. The van der Waals surface area contributed by atoms with Crippen LogP contribution in [-0.2, 0) is 0 Å². The number of aromatic nitrogens is 1. The van der Waals surface area contributed by atoms with E-state index in [1.165, 1.54) is 21.7 Å². The molecule has 0 aliphatic rings. The predicted molar refractivity (Wildman–Crippen MR) is 92.5 cm³/mol. The lowest BCUT2D eigenvalue weighted by Crippen LogP contribution is -3.00. The number of fused-ring (bicyclic) bond motifs is 3. The van der Waals surface area contributed by atoms with Gasteiger partial charge in [-0.05, 0) is 29.7 Å². The zero-order chi connectivity index (χ0) is 14.9. The van der Waals surface area contributed by atoms with Crippen LogP contribution >= 0.6 is 0 Å². The van der Waals surface area contributed by atoms with Gasteiger partial charge in [-0.25, -0.2) is 4.98 Å². The summed E-state index contributed by atoms with van der Waals surface area (Å²) >= 11 is 0. The summed E-state index contributed by atoms with van der Waals surface area (Å²) in [6.45, 7) is 2.09. The lowest BCUT2D eigenvalue weighted by molar-refractivity contribution is -0.353. The minimum absolute atomic E-state index is 0. The van der Waals surface area contributed by atoms with Crippen LogP contribution in [0.5, 0.6) is 0 Å². The summed E-state index contributed by atoms with van der Waals surface area (Å²) in [5.41, 5.74) is 4.55. The van der Waals surface area contributed by atoms with Gasteiger partial charge in [0.05, 0.1) is 16.5 Å². The third-order valence-electron chi connectivity index (χ3n) is 3.96. The molecule has 4 rings (SSSR count). The molecule has 0 bridgehead atoms. The van der Waals surface area contributed by atoms with Gasteiger partial charge >= 0.3 is 0 Å². The molecular formula is C20H17ClN2. The molecule has 3 heteroatoms. The largest absolute Gasteiger partial charge is 1.00 e. The van der Waals surface area contributed by atoms with Crippen molar-refractivity contribution in [2.24, 2.45) is 0 Å². The van der Waals surface area contributed by atoms with Crippen molar-refractivity contribution >= 4 is 33.1 Å². The van der Waals surface area contributed by atoms with Gasteiger partial charge in [0.25, 0.3) is 0 Å². The van der Waals surface area contributed by atoms with Gasteiger partial charge in [0.1, 0.15) is 0 Å². The molecule has 0 unspecified atom stereocenters. The highest BCUT2D eigenvalue weighted by atomic mass is 35.5. The summed E-state index contributed by atoms with van der Waals surface area (Å²) in [7, 11) is 0. The number of hydrogen-bond donors (Lipinski definition) is 1. The fourth-order valence-electron chi connectivity index (χ4n) is 2.94. The quantitative estimate of drug-likeness (QED) is 0.561. The summed E-state index contributed by atoms with van der Waals surface area (Å²) in [5, 5.41) is 7.24. The number of hydrogen-bond acceptors (Lipinski definition) is 1. The molecule has 0 spiro atoms. The van der Waals surface area contributed by atoms with Crippen LogP contribution in [0.1, 0.15) is 5.69 Å². The van der Waals surface area contributed by atoms with E-state index in [1.807, 2.05) is 18.2 Å². The molecule has 0 amide bonds. The highest BCUT2D eigenvalue weighted by Crippen LogP contribution is 2.29. The summed E-state index contributed by atoms with van der Waals surface area (Å²) in [6.07, 6.45) is 0. The molecule has 0 fully saturated rings. The van der Waals surface area contributed by atoms with Crippen molar-refractivity contribution in [3.05, 3.63) is 78.5 Å². The van der Waals surface area contributed by atoms with Crippen molar-refractivity contribution in [2.45, 2.75) is 6.92 Å². The Balaban J connectivity index is 0.00000156. The number of H-pyrrole nitrogens is 1. The standard InChI is InChI=1S/C20H16N2.ClH/c1-14-13-19(22-16-8-3-2-4-9-16)18-12-11-15-7-5-6-10-17(15)20(18)21-14;/h2-13H,1H3,(H,21,22);1H. The van der Waals surface area contributed by atoms with E-state index in [1.54, 1.807) is 0 Å². The summed E-state index contributed by atoms with van der Waals surface area (Å²) < 4.78 is 0. The molecule has 0 atom stereocenters. The molecule has 23 heavy (non-hydrogen) atoms. The van der Waals surface area contributed by atoms with Gasteiger partial charge < -0.3 is 17.7 Å². The first-order valence-corrected chi connectivity index (χ1v) is 7.48. The minimum Gasteiger partial charge on any atom is -1.00 e. The molecular weight excluding hydrogens is 304 g/mol. The first-order valence-electron chi connectivity index (χ1n) is 7.48. The number of aromatic amines is 1. The molecule has 0 radical (unpaired) electrons. The predicted octanol–water partition coefficient (Wildman–Crippen LogP) is 1.86. The number of anilines is 2. The van der Waals surface area contributed by atoms with Crippen molar-refractivity contribution in [3.8, 4) is 0 Å². The summed E-state index contributed by atoms with van der Waals surface area (Å²) in [4.78, 5) is 3.52. The minimum atomic E-state index is 0. The van der Waals surface area contributed by atoms with Crippen molar-refractivity contribution in [3.63, 3.8) is 0 Å². The molecule has 2 nitrogen and oxygen atoms in total. The summed E-state index contributed by atoms with van der Waals surface area (Å²) in [6, 6.07) is 25.3. The Morgan fingerprint density at radius 2 is 1.52 bits per heavy atom. The molecule has 114 valence electrons. The Hall–Kier alpha value is -2.58. The van der Waals surface area contributed by atoms with Crippen LogP contribution in [0, 0.1) is 6.92 Å². The Bertz CT molecular complexity index is 965. The average molecular weight is 321 g/mol. The number of nitrogens with one attached hydrogen (secondary N) is 2. The van der Waals surface area contributed by atoms with Crippen molar-refractivity contribution in [1.82, 2.24) is 0 Å². The van der Waals surface area contributed by atoms with Crippen LogP contribution in [0.15, 0.2) is 72.8 Å². The van der Waals surface area contributed by atoms with E-state index >= 15 is 0 Å². The zero-order valence-electron chi connectivity index (χ0n) is 12.8. The van der Waals surface area contributed by atoms with E-state index in [-0.39, 0.29) is 12.4 Å². The van der Waals surface area contributed by atoms with Crippen LogP contribution < -0.4 is 22.7 Å². The molecule has 1 aromatic heterocycles. The molecule has 2 N–H and O–H groups in total. The van der Waals surface area contributed by atoms with Crippen LogP contribution in [-0.4, -0.2) is 0 Å². The molecule has 3 aromatic carbocycles. The van der Waals surface area contributed by atoms with E-state index in [2.05, 4.69) is 71.8 Å². The van der Waals surface area contributed by atoms with Gasteiger partial charge in [0.2, 0.25) is 5.52 Å². The van der Waals surface area contributed by atoms with Crippen LogP contribution in [0.2, 0.25) is 0 Å². The second-order valence-corrected chi connectivity index (χ2v) is 5.57. The number of halogens is 1. The maximum Gasteiger partial charge on any atom is 0.221 e. The maximum absolute atomic E-state index is 3.53. The van der Waals surface area contributed by atoms with Crippen LogP contribution in [0.3, 0.4) is 0 Å². The molecule has 4 aromatic rings. The van der Waals surface area contributed by atoms with Crippen LogP contribution in [0.25, 0.3) is 21.7 Å². The number of benzene rings is 3. The Morgan fingerprint density at radius 3 is 2.35 bits per heavy atom. The highest BCUT2D eigenvalue weighted by Gasteiger charge is 2.12. The van der Waals surface area contributed by atoms with Gasteiger partial charge in [0, 0.05) is 18.7 Å². The maximum atomic E-state index is 3.53. The highest BCUT2D eigenvalue weighted by molar-refractivity contribution is 6.07. The number of rotatable bonds is 2. The van der Waals surface area contributed by atoms with E-state index in [0.717, 1.165) is 17.1 Å². The Morgan fingerprint density at radius 1 is 0.783 bits per heavy atom. The van der Waals surface area contributed by atoms with Gasteiger partial charge in [-0.3, -0.25) is 0 Å². The van der Waals surface area contributed by atoms with Gasteiger partial charge in [-0.15, -0.1) is 0 Å². The summed E-state index contributed by atoms with van der Waals surface area (Å²) in [5.74, 6) is 0. The van der Waals surface area contributed by atoms with Gasteiger partial charge in [0.15, 0.2) is 5.69 Å². The lowest BCUT2D eigenvalue weighted by atomic mass is 10.0. The van der Waals surface area contributed by atoms with Crippen molar-refractivity contribution < 1.29 is 17.4 Å². The van der Waals surface area contributed by atoms with E-state index < -0.39 is 0 Å². The normalized spacial score (nSPS) is 10.5. The third-order valence-corrected chi connectivity index (χ3v) is 3.96. The lowest BCUT2D eigenvalue weighted by Gasteiger charge is -2.09. The first-order chi connectivity index (χ1) is 10.8. The Labute approximate surface area is 141 Å². The second-order valence-electron chi connectivity index (χ2n) is 5.57. The third kappa shape index (κ3) is 2.86. The van der Waals surface area contributed by atoms with Gasteiger partial charge in [-0.1, -0.05) is 42.5 Å². The molecule has 0 saturated heterocycles. The van der Waals surface area contributed by atoms with E-state index in [0.29, 0.717) is 0 Å². The van der Waals surface area contributed by atoms with Crippen molar-refractivity contribution in [1.29, 1.82) is 0 Å². The van der Waals surface area contributed by atoms with E-state index in [4.69, 9.17) is 0 Å². The number of para-hydroxylation sites is 1. The molecule has 0 aliphatic heterocycles. The molecule has 0 aliphatic carbocycles. The molecule has 0 saturated carbocycles. The monoisotopic (exact) mass is 320 g/mol.